The number of hydrogen-bond donors (Lipinski definition) is 2. The summed E-state index contributed by atoms with van der Waals surface area (Å²) in [6, 6.07) is 9.26. The van der Waals surface area contributed by atoms with Gasteiger partial charge in [0.1, 0.15) is 5.82 Å². The summed E-state index contributed by atoms with van der Waals surface area (Å²) in [5.41, 5.74) is 2.76. The summed E-state index contributed by atoms with van der Waals surface area (Å²) in [6.07, 6.45) is 0.532. The number of rotatable bonds is 7. The van der Waals surface area contributed by atoms with E-state index in [0.717, 1.165) is 16.9 Å². The van der Waals surface area contributed by atoms with Gasteiger partial charge in [-0.3, -0.25) is 5.32 Å². The lowest BCUT2D eigenvalue weighted by Crippen LogP contribution is -2.29. The molecule has 0 bridgehead atoms. The van der Waals surface area contributed by atoms with E-state index in [-0.39, 0.29) is 12.6 Å². The van der Waals surface area contributed by atoms with Gasteiger partial charge in [0, 0.05) is 13.2 Å². The standard InChI is InChI=1S/C18H22N6O3/c1-12-6-4-5-7-14(12)24-16(10-13(2)22-24)21-18(25)19-11-15-20-17(27-23-15)8-9-26-3/h4-7,10H,8-9,11H2,1-3H3,(H2,19,21,25). The number of carbonyl (C=O) groups is 1. The summed E-state index contributed by atoms with van der Waals surface area (Å²) in [7, 11) is 1.60. The summed E-state index contributed by atoms with van der Waals surface area (Å²) in [6.45, 7) is 4.52. The maximum Gasteiger partial charge on any atom is 0.320 e. The summed E-state index contributed by atoms with van der Waals surface area (Å²) < 4.78 is 11.8. The molecular weight excluding hydrogens is 348 g/mol. The van der Waals surface area contributed by atoms with Gasteiger partial charge in [-0.15, -0.1) is 0 Å². The Morgan fingerprint density at radius 1 is 1.30 bits per heavy atom. The molecule has 2 aromatic heterocycles. The summed E-state index contributed by atoms with van der Waals surface area (Å²) in [4.78, 5) is 16.5. The van der Waals surface area contributed by atoms with Gasteiger partial charge in [-0.1, -0.05) is 23.4 Å². The number of carbonyl (C=O) groups excluding carboxylic acids is 1. The van der Waals surface area contributed by atoms with E-state index in [2.05, 4.69) is 25.9 Å². The smallest absolute Gasteiger partial charge is 0.320 e. The highest BCUT2D eigenvalue weighted by molar-refractivity contribution is 5.88. The van der Waals surface area contributed by atoms with Crippen molar-refractivity contribution in [1.82, 2.24) is 25.2 Å². The number of nitrogens with one attached hydrogen (secondary N) is 2. The highest BCUT2D eigenvalue weighted by Gasteiger charge is 2.13. The molecule has 2 heterocycles. The van der Waals surface area contributed by atoms with Gasteiger partial charge in [-0.25, -0.2) is 9.48 Å². The highest BCUT2D eigenvalue weighted by atomic mass is 16.5. The number of anilines is 1. The van der Waals surface area contributed by atoms with Gasteiger partial charge in [-0.05, 0) is 25.5 Å². The lowest BCUT2D eigenvalue weighted by atomic mass is 10.2. The second-order valence-corrected chi connectivity index (χ2v) is 6.02. The van der Waals surface area contributed by atoms with Crippen molar-refractivity contribution < 1.29 is 14.1 Å². The molecule has 2 amide bonds. The largest absolute Gasteiger partial charge is 0.384 e. The Morgan fingerprint density at radius 3 is 2.89 bits per heavy atom. The maximum absolute atomic E-state index is 12.3. The third kappa shape index (κ3) is 4.70. The number of aryl methyl sites for hydroxylation is 2. The highest BCUT2D eigenvalue weighted by Crippen LogP contribution is 2.19. The third-order valence-electron chi connectivity index (χ3n) is 3.85. The van der Waals surface area contributed by atoms with E-state index < -0.39 is 0 Å². The first-order valence-corrected chi connectivity index (χ1v) is 8.54. The Labute approximate surface area is 156 Å². The monoisotopic (exact) mass is 370 g/mol. The molecule has 0 aliphatic heterocycles. The van der Waals surface area contributed by atoms with Crippen LogP contribution in [0, 0.1) is 13.8 Å². The van der Waals surface area contributed by atoms with Crippen LogP contribution in [0.15, 0.2) is 34.9 Å². The van der Waals surface area contributed by atoms with Gasteiger partial charge >= 0.3 is 6.03 Å². The average Bonchev–Trinajstić information content (AvgIpc) is 3.25. The van der Waals surface area contributed by atoms with Crippen LogP contribution in [-0.2, 0) is 17.7 Å². The summed E-state index contributed by atoms with van der Waals surface area (Å²) in [5, 5.41) is 13.8. The zero-order chi connectivity index (χ0) is 19.2. The van der Waals surface area contributed by atoms with Crippen molar-refractivity contribution in [1.29, 1.82) is 0 Å². The minimum atomic E-state index is -0.382. The molecule has 0 spiro atoms. The first-order valence-electron chi connectivity index (χ1n) is 8.54. The minimum Gasteiger partial charge on any atom is -0.384 e. The van der Waals surface area contributed by atoms with Gasteiger partial charge in [0.25, 0.3) is 0 Å². The van der Waals surface area contributed by atoms with Crippen molar-refractivity contribution in [3.05, 3.63) is 53.3 Å². The van der Waals surface area contributed by atoms with Crippen molar-refractivity contribution in [2.24, 2.45) is 0 Å². The van der Waals surface area contributed by atoms with E-state index in [1.807, 2.05) is 44.2 Å². The molecule has 9 heteroatoms. The SMILES string of the molecule is COCCc1nc(CNC(=O)Nc2cc(C)nn2-c2ccccc2C)no1. The number of hydrogen-bond acceptors (Lipinski definition) is 6. The quantitative estimate of drug-likeness (QED) is 0.661. The van der Waals surface area contributed by atoms with Gasteiger partial charge in [0.15, 0.2) is 5.82 Å². The van der Waals surface area contributed by atoms with Crippen LogP contribution in [-0.4, -0.2) is 39.7 Å². The molecule has 2 N–H and O–H groups in total. The van der Waals surface area contributed by atoms with Crippen molar-refractivity contribution >= 4 is 11.8 Å². The molecule has 0 fully saturated rings. The van der Waals surface area contributed by atoms with Crippen LogP contribution in [0.25, 0.3) is 5.69 Å². The second kappa shape index (κ2) is 8.45. The molecule has 0 unspecified atom stereocenters. The third-order valence-corrected chi connectivity index (χ3v) is 3.85. The van der Waals surface area contributed by atoms with Crippen LogP contribution in [0.2, 0.25) is 0 Å². The number of ether oxygens (including phenoxy) is 1. The number of urea groups is 1. The Hall–Kier alpha value is -3.20. The Bertz CT molecular complexity index is 917. The normalized spacial score (nSPS) is 10.8. The lowest BCUT2D eigenvalue weighted by Gasteiger charge is -2.11. The molecule has 1 aromatic carbocycles. The number of benzene rings is 1. The van der Waals surface area contributed by atoms with Gasteiger partial charge in [0.05, 0.1) is 31.0 Å². The molecular formula is C18H22N6O3. The summed E-state index contributed by atoms with van der Waals surface area (Å²) in [5.74, 6) is 1.45. The predicted octanol–water partition coefficient (Wildman–Crippen LogP) is 2.38. The van der Waals surface area contributed by atoms with Crippen LogP contribution in [0.5, 0.6) is 0 Å². The molecule has 3 aromatic rings. The van der Waals surface area contributed by atoms with Crippen molar-refractivity contribution in [3.63, 3.8) is 0 Å². The van der Waals surface area contributed by atoms with E-state index in [9.17, 15) is 4.79 Å². The second-order valence-electron chi connectivity index (χ2n) is 6.02. The van der Waals surface area contributed by atoms with Crippen LogP contribution in [0.3, 0.4) is 0 Å². The molecule has 0 atom stereocenters. The van der Waals surface area contributed by atoms with Crippen LogP contribution >= 0.6 is 0 Å². The van der Waals surface area contributed by atoms with E-state index in [4.69, 9.17) is 9.26 Å². The Morgan fingerprint density at radius 2 is 2.11 bits per heavy atom. The molecule has 0 aliphatic carbocycles. The van der Waals surface area contributed by atoms with Gasteiger partial charge in [0.2, 0.25) is 5.89 Å². The first-order chi connectivity index (χ1) is 13.1. The van der Waals surface area contributed by atoms with Crippen molar-refractivity contribution in [3.8, 4) is 5.69 Å². The van der Waals surface area contributed by atoms with Crippen LogP contribution in [0.1, 0.15) is 23.0 Å². The average molecular weight is 370 g/mol. The fraction of sp³-hybridized carbons (Fsp3) is 0.333. The van der Waals surface area contributed by atoms with Crippen molar-refractivity contribution in [2.75, 3.05) is 19.0 Å². The molecule has 0 saturated heterocycles. The van der Waals surface area contributed by atoms with E-state index in [1.54, 1.807) is 11.8 Å². The van der Waals surface area contributed by atoms with Gasteiger partial charge in [-0.2, -0.15) is 10.1 Å². The number of nitrogens with zero attached hydrogens (tertiary/aromatic N) is 4. The van der Waals surface area contributed by atoms with E-state index in [1.165, 1.54) is 0 Å². The van der Waals surface area contributed by atoms with E-state index in [0.29, 0.717) is 30.6 Å². The van der Waals surface area contributed by atoms with Crippen LogP contribution in [0.4, 0.5) is 10.6 Å². The Kier molecular flexibility index (Phi) is 5.82. The van der Waals surface area contributed by atoms with E-state index >= 15 is 0 Å². The number of aromatic nitrogens is 4. The fourth-order valence-electron chi connectivity index (χ4n) is 2.55. The topological polar surface area (TPSA) is 107 Å². The van der Waals surface area contributed by atoms with Crippen molar-refractivity contribution in [2.45, 2.75) is 26.8 Å². The Balaban J connectivity index is 1.63. The van der Waals surface area contributed by atoms with Crippen LogP contribution < -0.4 is 10.6 Å². The molecule has 3 rings (SSSR count). The lowest BCUT2D eigenvalue weighted by molar-refractivity contribution is 0.192. The maximum atomic E-state index is 12.3. The first kappa shape index (κ1) is 18.6. The number of methoxy groups -OCH3 is 1. The number of para-hydroxylation sites is 1. The molecule has 0 radical (unpaired) electrons. The minimum absolute atomic E-state index is 0.153. The molecule has 142 valence electrons. The fourth-order valence-corrected chi connectivity index (χ4v) is 2.55. The molecule has 0 aliphatic rings. The predicted molar refractivity (Wildman–Crippen MR) is 98.8 cm³/mol. The number of amides is 2. The zero-order valence-corrected chi connectivity index (χ0v) is 15.5. The molecule has 27 heavy (non-hydrogen) atoms. The summed E-state index contributed by atoms with van der Waals surface area (Å²) >= 11 is 0. The van der Waals surface area contributed by atoms with Gasteiger partial charge < -0.3 is 14.6 Å². The molecule has 9 nitrogen and oxygen atoms in total. The molecule has 0 saturated carbocycles. The zero-order valence-electron chi connectivity index (χ0n) is 15.5.